The molecule has 1 aliphatic rings. The zero-order valence-electron chi connectivity index (χ0n) is 15.7. The standard InChI is InChI=1S/C21H23N3O3/c1-14-18(20(25)24(2)3)19(23-21(26)22-14)16-10-7-11-17(12-16)27-13-15-8-5-4-6-9-15/h4-12,19H,13H2,1-3H3,(H2,22,23,26). The maximum absolute atomic E-state index is 12.6. The summed E-state index contributed by atoms with van der Waals surface area (Å²) in [7, 11) is 3.38. The lowest BCUT2D eigenvalue weighted by atomic mass is 9.94. The van der Waals surface area contributed by atoms with Crippen LogP contribution in [-0.2, 0) is 11.4 Å². The lowest BCUT2D eigenvalue weighted by Gasteiger charge is -2.30. The average molecular weight is 365 g/mol. The molecule has 0 saturated heterocycles. The fraction of sp³-hybridized carbons (Fsp3) is 0.238. The molecule has 0 radical (unpaired) electrons. The molecule has 0 spiro atoms. The highest BCUT2D eigenvalue weighted by molar-refractivity contribution is 5.98. The molecule has 6 nitrogen and oxygen atoms in total. The summed E-state index contributed by atoms with van der Waals surface area (Å²) in [6, 6.07) is 16.5. The van der Waals surface area contributed by atoms with Gasteiger partial charge in [0.15, 0.2) is 0 Å². The van der Waals surface area contributed by atoms with Crippen LogP contribution in [0.4, 0.5) is 4.79 Å². The number of nitrogens with zero attached hydrogens (tertiary/aromatic N) is 1. The molecule has 0 bridgehead atoms. The molecule has 140 valence electrons. The van der Waals surface area contributed by atoms with Crippen LogP contribution in [0.5, 0.6) is 5.75 Å². The Balaban J connectivity index is 1.86. The number of rotatable bonds is 5. The summed E-state index contributed by atoms with van der Waals surface area (Å²) >= 11 is 0. The van der Waals surface area contributed by atoms with E-state index in [-0.39, 0.29) is 11.9 Å². The van der Waals surface area contributed by atoms with E-state index in [0.29, 0.717) is 23.6 Å². The van der Waals surface area contributed by atoms with Crippen LogP contribution >= 0.6 is 0 Å². The summed E-state index contributed by atoms with van der Waals surface area (Å²) in [5, 5.41) is 5.52. The molecule has 3 rings (SSSR count). The third-order valence-electron chi connectivity index (χ3n) is 4.35. The second-order valence-electron chi connectivity index (χ2n) is 6.62. The van der Waals surface area contributed by atoms with E-state index in [4.69, 9.17) is 4.74 Å². The number of benzene rings is 2. The van der Waals surface area contributed by atoms with Crippen molar-refractivity contribution < 1.29 is 14.3 Å². The van der Waals surface area contributed by atoms with Crippen molar-refractivity contribution in [1.29, 1.82) is 0 Å². The first kappa shape index (κ1) is 18.5. The van der Waals surface area contributed by atoms with Crippen molar-refractivity contribution in [3.63, 3.8) is 0 Å². The molecule has 2 aromatic carbocycles. The van der Waals surface area contributed by atoms with Gasteiger partial charge in [-0.3, -0.25) is 4.79 Å². The molecular weight excluding hydrogens is 342 g/mol. The van der Waals surface area contributed by atoms with Gasteiger partial charge in [0, 0.05) is 19.8 Å². The largest absolute Gasteiger partial charge is 0.489 e. The molecule has 0 saturated carbocycles. The molecule has 1 heterocycles. The van der Waals surface area contributed by atoms with Gasteiger partial charge in [-0.25, -0.2) is 4.79 Å². The topological polar surface area (TPSA) is 70.7 Å². The molecule has 0 fully saturated rings. The highest BCUT2D eigenvalue weighted by Gasteiger charge is 2.32. The van der Waals surface area contributed by atoms with E-state index >= 15 is 0 Å². The maximum Gasteiger partial charge on any atom is 0.319 e. The zero-order valence-corrected chi connectivity index (χ0v) is 15.7. The van der Waals surface area contributed by atoms with Crippen LogP contribution in [0.15, 0.2) is 65.9 Å². The van der Waals surface area contributed by atoms with E-state index in [1.165, 1.54) is 4.90 Å². The van der Waals surface area contributed by atoms with Crippen LogP contribution < -0.4 is 15.4 Å². The van der Waals surface area contributed by atoms with Gasteiger partial charge in [0.25, 0.3) is 5.91 Å². The third kappa shape index (κ3) is 4.28. The third-order valence-corrected chi connectivity index (χ3v) is 4.35. The van der Waals surface area contributed by atoms with Crippen molar-refractivity contribution >= 4 is 11.9 Å². The van der Waals surface area contributed by atoms with Crippen LogP contribution in [0.2, 0.25) is 0 Å². The number of carbonyl (C=O) groups is 2. The SMILES string of the molecule is CC1=C(C(=O)N(C)C)C(c2cccc(OCc3ccccc3)c2)NC(=O)N1. The van der Waals surface area contributed by atoms with E-state index in [0.717, 1.165) is 11.1 Å². The molecule has 6 heteroatoms. The fourth-order valence-corrected chi connectivity index (χ4v) is 2.99. The number of likely N-dealkylation sites (N-methyl/N-ethyl adjacent to an activating group) is 1. The summed E-state index contributed by atoms with van der Waals surface area (Å²) in [6.07, 6.45) is 0. The zero-order chi connectivity index (χ0) is 19.4. The van der Waals surface area contributed by atoms with Gasteiger partial charge in [0.05, 0.1) is 11.6 Å². The first-order valence-electron chi connectivity index (χ1n) is 8.72. The van der Waals surface area contributed by atoms with Crippen molar-refractivity contribution in [2.24, 2.45) is 0 Å². The molecule has 0 aromatic heterocycles. The van der Waals surface area contributed by atoms with E-state index in [9.17, 15) is 9.59 Å². The number of carbonyl (C=O) groups excluding carboxylic acids is 2. The van der Waals surface area contributed by atoms with Crippen molar-refractivity contribution in [3.8, 4) is 5.75 Å². The number of allylic oxidation sites excluding steroid dienone is 1. The van der Waals surface area contributed by atoms with Crippen LogP contribution in [0.1, 0.15) is 24.1 Å². The van der Waals surface area contributed by atoms with E-state index in [1.54, 1.807) is 21.0 Å². The van der Waals surface area contributed by atoms with Crippen molar-refractivity contribution in [1.82, 2.24) is 15.5 Å². The minimum Gasteiger partial charge on any atom is -0.489 e. The minimum atomic E-state index is -0.533. The second kappa shape index (κ2) is 7.95. The van der Waals surface area contributed by atoms with E-state index in [1.807, 2.05) is 54.6 Å². The summed E-state index contributed by atoms with van der Waals surface area (Å²) in [5.41, 5.74) is 2.93. The summed E-state index contributed by atoms with van der Waals surface area (Å²) < 4.78 is 5.88. The van der Waals surface area contributed by atoms with Gasteiger partial charge < -0.3 is 20.3 Å². The van der Waals surface area contributed by atoms with Gasteiger partial charge in [0.2, 0.25) is 0 Å². The summed E-state index contributed by atoms with van der Waals surface area (Å²) in [6.45, 7) is 2.18. The first-order chi connectivity index (χ1) is 13.0. The lowest BCUT2D eigenvalue weighted by Crippen LogP contribution is -2.46. The van der Waals surface area contributed by atoms with E-state index in [2.05, 4.69) is 10.6 Å². The predicted molar refractivity (Wildman–Crippen MR) is 103 cm³/mol. The molecule has 2 N–H and O–H groups in total. The smallest absolute Gasteiger partial charge is 0.319 e. The predicted octanol–water partition coefficient (Wildman–Crippen LogP) is 2.98. The maximum atomic E-state index is 12.6. The average Bonchev–Trinajstić information content (AvgIpc) is 2.66. The van der Waals surface area contributed by atoms with Crippen LogP contribution in [0.25, 0.3) is 0 Å². The van der Waals surface area contributed by atoms with Crippen LogP contribution in [0.3, 0.4) is 0 Å². The highest BCUT2D eigenvalue weighted by atomic mass is 16.5. The second-order valence-corrected chi connectivity index (χ2v) is 6.62. The molecule has 27 heavy (non-hydrogen) atoms. The quantitative estimate of drug-likeness (QED) is 0.856. The Morgan fingerprint density at radius 2 is 1.85 bits per heavy atom. The normalized spacial score (nSPS) is 16.4. The number of nitrogens with one attached hydrogen (secondary N) is 2. The lowest BCUT2D eigenvalue weighted by molar-refractivity contribution is -0.125. The number of hydrogen-bond donors (Lipinski definition) is 2. The molecule has 1 aliphatic heterocycles. The Morgan fingerprint density at radius 1 is 1.11 bits per heavy atom. The van der Waals surface area contributed by atoms with Crippen molar-refractivity contribution in [3.05, 3.63) is 77.0 Å². The van der Waals surface area contributed by atoms with Gasteiger partial charge in [-0.1, -0.05) is 42.5 Å². The molecule has 1 atom stereocenters. The Morgan fingerprint density at radius 3 is 2.56 bits per heavy atom. The fourth-order valence-electron chi connectivity index (χ4n) is 2.99. The van der Waals surface area contributed by atoms with Gasteiger partial charge >= 0.3 is 6.03 Å². The van der Waals surface area contributed by atoms with E-state index < -0.39 is 6.04 Å². The highest BCUT2D eigenvalue weighted by Crippen LogP contribution is 2.30. The first-order valence-corrected chi connectivity index (χ1v) is 8.72. The molecule has 3 amide bonds. The summed E-state index contributed by atoms with van der Waals surface area (Å²) in [4.78, 5) is 26.1. The Bertz CT molecular complexity index is 875. The molecular formula is C21H23N3O3. The number of ether oxygens (including phenoxy) is 1. The molecule has 0 aliphatic carbocycles. The van der Waals surface area contributed by atoms with Gasteiger partial charge in [0.1, 0.15) is 12.4 Å². The van der Waals surface area contributed by atoms with Crippen LogP contribution in [-0.4, -0.2) is 30.9 Å². The van der Waals surface area contributed by atoms with Gasteiger partial charge in [-0.05, 0) is 30.2 Å². The Hall–Kier alpha value is -3.28. The molecule has 2 aromatic rings. The molecule has 1 unspecified atom stereocenters. The van der Waals surface area contributed by atoms with Gasteiger partial charge in [-0.15, -0.1) is 0 Å². The van der Waals surface area contributed by atoms with Crippen molar-refractivity contribution in [2.45, 2.75) is 19.6 Å². The Labute approximate surface area is 158 Å². The monoisotopic (exact) mass is 365 g/mol. The summed E-state index contributed by atoms with van der Waals surface area (Å²) in [5.74, 6) is 0.527. The van der Waals surface area contributed by atoms with Crippen LogP contribution in [0, 0.1) is 0 Å². The number of hydrogen-bond acceptors (Lipinski definition) is 3. The Kier molecular flexibility index (Phi) is 5.45. The van der Waals surface area contributed by atoms with Gasteiger partial charge in [-0.2, -0.15) is 0 Å². The minimum absolute atomic E-state index is 0.152. The number of amides is 3. The van der Waals surface area contributed by atoms with Crippen molar-refractivity contribution in [2.75, 3.05) is 14.1 Å². The number of urea groups is 1.